The highest BCUT2D eigenvalue weighted by molar-refractivity contribution is 8.00. The Kier molecular flexibility index (Phi) is 7.92. The van der Waals surface area contributed by atoms with Gasteiger partial charge in [0.05, 0.1) is 18.7 Å². The first kappa shape index (κ1) is 23.3. The number of fused-ring (bicyclic) bond motifs is 1. The molecule has 7 heteroatoms. The van der Waals surface area contributed by atoms with Gasteiger partial charge in [-0.25, -0.2) is 0 Å². The minimum Gasteiger partial charge on any atom is -0.497 e. The van der Waals surface area contributed by atoms with Gasteiger partial charge in [-0.1, -0.05) is 0 Å². The molecule has 174 valence electrons. The van der Waals surface area contributed by atoms with E-state index in [1.165, 1.54) is 12.8 Å². The number of aliphatic hydroxyl groups is 1. The molecule has 2 fully saturated rings. The van der Waals surface area contributed by atoms with Crippen molar-refractivity contribution < 1.29 is 19.7 Å². The molecular weight excluding hydrogens is 424 g/mol. The van der Waals surface area contributed by atoms with Gasteiger partial charge in [-0.2, -0.15) is 11.8 Å². The van der Waals surface area contributed by atoms with Gasteiger partial charge in [0.1, 0.15) is 5.75 Å². The van der Waals surface area contributed by atoms with E-state index in [1.807, 2.05) is 24.3 Å². The lowest BCUT2D eigenvalue weighted by atomic mass is 9.79. The monoisotopic (exact) mass is 458 g/mol. The van der Waals surface area contributed by atoms with Crippen LogP contribution in [0.4, 0.5) is 0 Å². The van der Waals surface area contributed by atoms with Crippen molar-refractivity contribution >= 4 is 28.6 Å². The molecule has 1 saturated heterocycles. The molecule has 1 aliphatic carbocycles. The van der Waals surface area contributed by atoms with Gasteiger partial charge in [-0.05, 0) is 80.3 Å². The van der Waals surface area contributed by atoms with E-state index < -0.39 is 12.1 Å². The number of ether oxygens (including phenoxy) is 1. The smallest absolute Gasteiger partial charge is 0.303 e. The number of aliphatic carboxylic acids is 1. The Morgan fingerprint density at radius 1 is 1.28 bits per heavy atom. The summed E-state index contributed by atoms with van der Waals surface area (Å²) >= 11 is 2.06. The molecule has 1 aromatic heterocycles. The average Bonchev–Trinajstić information content (AvgIpc) is 3.61. The van der Waals surface area contributed by atoms with E-state index in [2.05, 4.69) is 21.6 Å². The zero-order valence-corrected chi connectivity index (χ0v) is 19.6. The summed E-state index contributed by atoms with van der Waals surface area (Å²) in [4.78, 5) is 18.4. The Bertz CT molecular complexity index is 920. The summed E-state index contributed by atoms with van der Waals surface area (Å²) in [6.07, 6.45) is 6.51. The maximum Gasteiger partial charge on any atom is 0.303 e. The van der Waals surface area contributed by atoms with E-state index in [-0.39, 0.29) is 12.3 Å². The molecule has 2 aliphatic rings. The molecule has 6 nitrogen and oxygen atoms in total. The lowest BCUT2D eigenvalue weighted by molar-refractivity contribution is -0.139. The van der Waals surface area contributed by atoms with Crippen LogP contribution in [0.25, 0.3) is 10.9 Å². The van der Waals surface area contributed by atoms with Gasteiger partial charge in [0.25, 0.3) is 0 Å². The Labute approximate surface area is 194 Å². The largest absolute Gasteiger partial charge is 0.497 e. The molecule has 0 spiro atoms. The van der Waals surface area contributed by atoms with Crippen molar-refractivity contribution in [1.29, 1.82) is 0 Å². The number of carbonyl (C=O) groups is 1. The topological polar surface area (TPSA) is 82.9 Å². The normalized spacial score (nSPS) is 22.7. The number of thioether (sulfide) groups is 1. The standard InChI is InChI=1S/C25H34N2O4S/c1-31-19-3-6-23-22(15-19)21(8-10-26-23)24(28)7-2-17-9-11-27(12-13-32-20-4-5-20)16-18(17)14-25(29)30/h3,6,8,10,15,17-18,20,24,28H,2,4-5,7,9,11-14,16H2,1H3,(H,29,30)/t17-,18+,24+/m1/s1. The van der Waals surface area contributed by atoms with E-state index in [9.17, 15) is 15.0 Å². The van der Waals surface area contributed by atoms with Gasteiger partial charge in [0.2, 0.25) is 0 Å². The number of aromatic nitrogens is 1. The lowest BCUT2D eigenvalue weighted by Gasteiger charge is -2.38. The molecule has 1 saturated carbocycles. The average molecular weight is 459 g/mol. The van der Waals surface area contributed by atoms with Crippen LogP contribution in [0.1, 0.15) is 50.2 Å². The van der Waals surface area contributed by atoms with Crippen LogP contribution in [0, 0.1) is 11.8 Å². The van der Waals surface area contributed by atoms with Crippen LogP contribution < -0.4 is 4.74 Å². The number of hydrogen-bond donors (Lipinski definition) is 2. The fourth-order valence-electron chi connectivity index (χ4n) is 4.87. The van der Waals surface area contributed by atoms with Gasteiger partial charge in [0.15, 0.2) is 0 Å². The number of carboxylic acids is 1. The zero-order valence-electron chi connectivity index (χ0n) is 18.8. The van der Waals surface area contributed by atoms with Crippen LogP contribution in [0.5, 0.6) is 5.75 Å². The minimum absolute atomic E-state index is 0.147. The van der Waals surface area contributed by atoms with Crippen molar-refractivity contribution in [2.75, 3.05) is 32.5 Å². The summed E-state index contributed by atoms with van der Waals surface area (Å²) < 4.78 is 5.35. The number of carboxylic acid groups (broad SMARTS) is 1. The predicted octanol–water partition coefficient (Wildman–Crippen LogP) is 4.37. The van der Waals surface area contributed by atoms with Crippen LogP contribution in [-0.4, -0.2) is 63.8 Å². The molecule has 2 N–H and O–H groups in total. The number of methoxy groups -OCH3 is 1. The van der Waals surface area contributed by atoms with Gasteiger partial charge in [-0.15, -0.1) is 0 Å². The Balaban J connectivity index is 1.37. The summed E-state index contributed by atoms with van der Waals surface area (Å²) in [5, 5.41) is 22.2. The second-order valence-corrected chi connectivity index (χ2v) is 10.6. The molecule has 32 heavy (non-hydrogen) atoms. The minimum atomic E-state index is -0.720. The quantitative estimate of drug-likeness (QED) is 0.517. The number of aliphatic hydroxyl groups excluding tert-OH is 1. The molecule has 4 rings (SSSR count). The van der Waals surface area contributed by atoms with Crippen LogP contribution >= 0.6 is 11.8 Å². The first-order valence-corrected chi connectivity index (χ1v) is 12.7. The Morgan fingerprint density at radius 3 is 2.88 bits per heavy atom. The van der Waals surface area contributed by atoms with Crippen LogP contribution in [0.2, 0.25) is 0 Å². The molecule has 2 aromatic rings. The number of pyridine rings is 1. The first-order valence-electron chi connectivity index (χ1n) is 11.7. The molecule has 3 atom stereocenters. The molecule has 0 radical (unpaired) electrons. The van der Waals surface area contributed by atoms with Crippen molar-refractivity contribution in [1.82, 2.24) is 9.88 Å². The van der Waals surface area contributed by atoms with Gasteiger partial charge < -0.3 is 19.8 Å². The second-order valence-electron chi connectivity index (χ2n) is 9.15. The second kappa shape index (κ2) is 10.9. The van der Waals surface area contributed by atoms with E-state index in [1.54, 1.807) is 13.3 Å². The first-order chi connectivity index (χ1) is 15.5. The fourth-order valence-corrected chi connectivity index (χ4v) is 6.04. The molecular formula is C25H34N2O4S. The van der Waals surface area contributed by atoms with Crippen LogP contribution in [-0.2, 0) is 4.79 Å². The summed E-state index contributed by atoms with van der Waals surface area (Å²) in [6, 6.07) is 7.58. The number of likely N-dealkylation sites (tertiary alicyclic amines) is 1. The maximum absolute atomic E-state index is 11.5. The third-order valence-electron chi connectivity index (χ3n) is 6.85. The van der Waals surface area contributed by atoms with Gasteiger partial charge in [0, 0.05) is 42.1 Å². The number of nitrogens with zero attached hydrogens (tertiary/aromatic N) is 2. The number of benzene rings is 1. The Hall–Kier alpha value is -1.83. The molecule has 0 unspecified atom stereocenters. The third kappa shape index (κ3) is 6.15. The number of piperidine rings is 1. The molecule has 2 heterocycles. The van der Waals surface area contributed by atoms with Crippen molar-refractivity contribution in [2.24, 2.45) is 11.8 Å². The van der Waals surface area contributed by atoms with Crippen LogP contribution in [0.3, 0.4) is 0 Å². The van der Waals surface area contributed by atoms with Crippen molar-refractivity contribution in [2.45, 2.75) is 49.9 Å². The van der Waals surface area contributed by atoms with E-state index >= 15 is 0 Å². The number of hydrogen-bond acceptors (Lipinski definition) is 6. The van der Waals surface area contributed by atoms with E-state index in [0.717, 1.165) is 65.7 Å². The fraction of sp³-hybridized carbons (Fsp3) is 0.600. The Morgan fingerprint density at radius 2 is 2.12 bits per heavy atom. The SMILES string of the molecule is COc1ccc2nccc([C@@H](O)CC[C@@H]3CCN(CCSC4CC4)C[C@@H]3CC(=O)O)c2c1. The van der Waals surface area contributed by atoms with Crippen molar-refractivity contribution in [3.8, 4) is 5.75 Å². The number of rotatable bonds is 11. The van der Waals surface area contributed by atoms with Gasteiger partial charge >= 0.3 is 5.97 Å². The molecule has 0 bridgehead atoms. The third-order valence-corrected chi connectivity index (χ3v) is 8.21. The van der Waals surface area contributed by atoms with Gasteiger partial charge in [-0.3, -0.25) is 9.78 Å². The van der Waals surface area contributed by atoms with E-state index in [4.69, 9.17) is 4.74 Å². The molecule has 1 aliphatic heterocycles. The highest BCUT2D eigenvalue weighted by Gasteiger charge is 2.31. The van der Waals surface area contributed by atoms with Crippen LogP contribution in [0.15, 0.2) is 30.5 Å². The summed E-state index contributed by atoms with van der Waals surface area (Å²) in [5.74, 6) is 1.64. The van der Waals surface area contributed by atoms with Crippen molar-refractivity contribution in [3.63, 3.8) is 0 Å². The predicted molar refractivity (Wildman–Crippen MR) is 128 cm³/mol. The zero-order chi connectivity index (χ0) is 22.5. The lowest BCUT2D eigenvalue weighted by Crippen LogP contribution is -2.42. The van der Waals surface area contributed by atoms with E-state index in [0.29, 0.717) is 12.3 Å². The highest BCUT2D eigenvalue weighted by Crippen LogP contribution is 2.36. The van der Waals surface area contributed by atoms with Crippen molar-refractivity contribution in [3.05, 3.63) is 36.0 Å². The summed E-state index contributed by atoms with van der Waals surface area (Å²) in [6.45, 7) is 2.93. The maximum atomic E-state index is 11.5. The molecule has 1 aromatic carbocycles. The highest BCUT2D eigenvalue weighted by atomic mass is 32.2. The summed E-state index contributed by atoms with van der Waals surface area (Å²) in [5.41, 5.74) is 1.70. The summed E-state index contributed by atoms with van der Waals surface area (Å²) in [7, 11) is 1.63. The molecule has 0 amide bonds.